The molecule has 0 radical (unpaired) electrons. The fourth-order valence-corrected chi connectivity index (χ4v) is 2.28. The van der Waals surface area contributed by atoms with Gasteiger partial charge in [0.15, 0.2) is 0 Å². The van der Waals surface area contributed by atoms with E-state index in [-0.39, 0.29) is 5.91 Å². The summed E-state index contributed by atoms with van der Waals surface area (Å²) in [4.78, 5) is 12.0. The van der Waals surface area contributed by atoms with Crippen LogP contribution in [-0.2, 0) is 4.79 Å². The van der Waals surface area contributed by atoms with Crippen LogP contribution < -0.4 is 10.1 Å². The van der Waals surface area contributed by atoms with Crippen LogP contribution in [0.4, 0.5) is 5.69 Å². The lowest BCUT2D eigenvalue weighted by molar-refractivity contribution is -0.111. The molecule has 2 aromatic carbocycles. The normalized spacial score (nSPS) is 10.7. The molecule has 0 aromatic heterocycles. The first-order valence-electron chi connectivity index (χ1n) is 7.21. The number of alkyl halides is 1. The van der Waals surface area contributed by atoms with E-state index in [1.165, 1.54) is 6.08 Å². The standard InChI is InChI=1S/C18H17ClINO2/c19-15-8-5-14(6-9-15)7-10-18(22)21-16-3-1-4-17(13-16)23-12-2-11-20/h1,3-10,13H,2,11-12H2,(H,21,22)/b10-7+. The Morgan fingerprint density at radius 3 is 2.74 bits per heavy atom. The Morgan fingerprint density at radius 2 is 2.00 bits per heavy atom. The molecule has 0 bridgehead atoms. The summed E-state index contributed by atoms with van der Waals surface area (Å²) in [7, 11) is 0. The summed E-state index contributed by atoms with van der Waals surface area (Å²) >= 11 is 8.14. The number of carbonyl (C=O) groups excluding carboxylic acids is 1. The predicted molar refractivity (Wildman–Crippen MR) is 105 cm³/mol. The maximum absolute atomic E-state index is 12.0. The van der Waals surface area contributed by atoms with Gasteiger partial charge in [-0.15, -0.1) is 0 Å². The molecule has 2 rings (SSSR count). The molecule has 0 aliphatic heterocycles. The molecule has 0 spiro atoms. The molecule has 0 saturated heterocycles. The van der Waals surface area contributed by atoms with Gasteiger partial charge >= 0.3 is 0 Å². The van der Waals surface area contributed by atoms with Gasteiger partial charge in [-0.25, -0.2) is 0 Å². The summed E-state index contributed by atoms with van der Waals surface area (Å²) in [5.74, 6) is 0.568. The van der Waals surface area contributed by atoms with E-state index in [1.807, 2.05) is 36.4 Å². The van der Waals surface area contributed by atoms with Crippen LogP contribution in [0, 0.1) is 0 Å². The number of anilines is 1. The first kappa shape index (κ1) is 17.8. The topological polar surface area (TPSA) is 38.3 Å². The lowest BCUT2D eigenvalue weighted by Gasteiger charge is -2.07. The molecule has 3 nitrogen and oxygen atoms in total. The number of hydrogen-bond acceptors (Lipinski definition) is 2. The highest BCUT2D eigenvalue weighted by molar-refractivity contribution is 14.1. The van der Waals surface area contributed by atoms with Crippen LogP contribution in [0.25, 0.3) is 6.08 Å². The molecule has 0 fully saturated rings. The Bertz CT molecular complexity index is 671. The molecule has 0 saturated carbocycles. The fourth-order valence-electron chi connectivity index (χ4n) is 1.84. The number of ether oxygens (including phenoxy) is 1. The van der Waals surface area contributed by atoms with Crippen molar-refractivity contribution < 1.29 is 9.53 Å². The molecule has 1 amide bonds. The Labute approximate surface area is 154 Å². The third-order valence-corrected chi connectivity index (χ3v) is 3.96. The van der Waals surface area contributed by atoms with Crippen molar-refractivity contribution in [2.24, 2.45) is 0 Å². The van der Waals surface area contributed by atoms with E-state index in [0.29, 0.717) is 17.3 Å². The van der Waals surface area contributed by atoms with Crippen LogP contribution in [0.15, 0.2) is 54.6 Å². The third-order valence-electron chi connectivity index (χ3n) is 2.95. The van der Waals surface area contributed by atoms with Crippen molar-refractivity contribution >= 4 is 51.9 Å². The van der Waals surface area contributed by atoms with Crippen molar-refractivity contribution in [3.05, 3.63) is 65.2 Å². The van der Waals surface area contributed by atoms with E-state index in [4.69, 9.17) is 16.3 Å². The first-order valence-corrected chi connectivity index (χ1v) is 9.11. The van der Waals surface area contributed by atoms with Crippen molar-refractivity contribution in [1.82, 2.24) is 0 Å². The van der Waals surface area contributed by atoms with Crippen molar-refractivity contribution in [3.8, 4) is 5.75 Å². The van der Waals surface area contributed by atoms with Gasteiger partial charge in [-0.2, -0.15) is 0 Å². The van der Waals surface area contributed by atoms with Crippen molar-refractivity contribution in [3.63, 3.8) is 0 Å². The van der Waals surface area contributed by atoms with Crippen molar-refractivity contribution in [2.45, 2.75) is 6.42 Å². The summed E-state index contributed by atoms with van der Waals surface area (Å²) < 4.78 is 6.68. The second-order valence-electron chi connectivity index (χ2n) is 4.79. The Balaban J connectivity index is 1.91. The van der Waals surface area contributed by atoms with Gasteiger partial charge in [0.2, 0.25) is 5.91 Å². The number of amides is 1. The zero-order valence-electron chi connectivity index (χ0n) is 12.5. The van der Waals surface area contributed by atoms with Gasteiger partial charge in [0.25, 0.3) is 0 Å². The van der Waals surface area contributed by atoms with E-state index >= 15 is 0 Å². The maximum atomic E-state index is 12.0. The van der Waals surface area contributed by atoms with Crippen LogP contribution in [-0.4, -0.2) is 16.9 Å². The minimum atomic E-state index is -0.190. The molecule has 0 aliphatic carbocycles. The minimum Gasteiger partial charge on any atom is -0.493 e. The number of carbonyl (C=O) groups is 1. The summed E-state index contributed by atoms with van der Waals surface area (Å²) in [6.07, 6.45) is 4.24. The average Bonchev–Trinajstić information content (AvgIpc) is 2.55. The molecule has 23 heavy (non-hydrogen) atoms. The smallest absolute Gasteiger partial charge is 0.248 e. The van der Waals surface area contributed by atoms with Gasteiger partial charge in [0.1, 0.15) is 5.75 Å². The van der Waals surface area contributed by atoms with Crippen LogP contribution >= 0.6 is 34.2 Å². The monoisotopic (exact) mass is 441 g/mol. The highest BCUT2D eigenvalue weighted by Gasteiger charge is 2.00. The van der Waals surface area contributed by atoms with Crippen LogP contribution in [0.1, 0.15) is 12.0 Å². The zero-order chi connectivity index (χ0) is 16.5. The average molecular weight is 442 g/mol. The molecule has 120 valence electrons. The summed E-state index contributed by atoms with van der Waals surface area (Å²) in [6, 6.07) is 14.7. The largest absolute Gasteiger partial charge is 0.493 e. The highest BCUT2D eigenvalue weighted by Crippen LogP contribution is 2.18. The van der Waals surface area contributed by atoms with Gasteiger partial charge in [-0.1, -0.05) is 52.4 Å². The van der Waals surface area contributed by atoms with Gasteiger partial charge in [0, 0.05) is 27.3 Å². The molecule has 5 heteroatoms. The summed E-state index contributed by atoms with van der Waals surface area (Å²) in [6.45, 7) is 0.677. The Kier molecular flexibility index (Phi) is 7.42. The number of benzene rings is 2. The SMILES string of the molecule is O=C(/C=C/c1ccc(Cl)cc1)Nc1cccc(OCCCI)c1. The second kappa shape index (κ2) is 9.57. The quantitative estimate of drug-likeness (QED) is 0.278. The van der Waals surface area contributed by atoms with Crippen molar-refractivity contribution in [2.75, 3.05) is 16.4 Å². The van der Waals surface area contributed by atoms with E-state index in [2.05, 4.69) is 27.9 Å². The lowest BCUT2D eigenvalue weighted by Crippen LogP contribution is -2.08. The predicted octanol–water partition coefficient (Wildman–Crippen LogP) is 5.20. The van der Waals surface area contributed by atoms with Crippen LogP contribution in [0.2, 0.25) is 5.02 Å². The lowest BCUT2D eigenvalue weighted by atomic mass is 10.2. The fraction of sp³-hybridized carbons (Fsp3) is 0.167. The van der Waals surface area contributed by atoms with E-state index in [0.717, 1.165) is 22.2 Å². The molecule has 0 atom stereocenters. The second-order valence-corrected chi connectivity index (χ2v) is 6.31. The highest BCUT2D eigenvalue weighted by atomic mass is 127. The summed E-state index contributed by atoms with van der Waals surface area (Å²) in [5, 5.41) is 3.49. The number of halogens is 2. The molecule has 0 heterocycles. The maximum Gasteiger partial charge on any atom is 0.248 e. The van der Waals surface area contributed by atoms with E-state index < -0.39 is 0 Å². The van der Waals surface area contributed by atoms with Crippen LogP contribution in [0.3, 0.4) is 0 Å². The molecule has 1 N–H and O–H groups in total. The molecule has 2 aromatic rings. The third kappa shape index (κ3) is 6.62. The van der Waals surface area contributed by atoms with E-state index in [1.54, 1.807) is 18.2 Å². The van der Waals surface area contributed by atoms with Crippen LogP contribution in [0.5, 0.6) is 5.75 Å². The summed E-state index contributed by atoms with van der Waals surface area (Å²) in [5.41, 5.74) is 1.63. The number of nitrogens with one attached hydrogen (secondary N) is 1. The van der Waals surface area contributed by atoms with E-state index in [9.17, 15) is 4.79 Å². The molecule has 0 unspecified atom stereocenters. The minimum absolute atomic E-state index is 0.190. The van der Waals surface area contributed by atoms with Gasteiger partial charge < -0.3 is 10.1 Å². The molecular weight excluding hydrogens is 425 g/mol. The van der Waals surface area contributed by atoms with Crippen molar-refractivity contribution in [1.29, 1.82) is 0 Å². The van der Waals surface area contributed by atoms with Gasteiger partial charge in [-0.05, 0) is 42.3 Å². The van der Waals surface area contributed by atoms with Gasteiger partial charge in [-0.3, -0.25) is 4.79 Å². The zero-order valence-corrected chi connectivity index (χ0v) is 15.4. The first-order chi connectivity index (χ1) is 11.2. The number of hydrogen-bond donors (Lipinski definition) is 1. The Morgan fingerprint density at radius 1 is 1.22 bits per heavy atom. The van der Waals surface area contributed by atoms with Gasteiger partial charge in [0.05, 0.1) is 6.61 Å². The number of rotatable bonds is 7. The molecule has 0 aliphatic rings. The Hall–Kier alpha value is -1.53. The molecular formula is C18H17ClINO2.